The number of thiazole rings is 1. The Morgan fingerprint density at radius 1 is 1.05 bits per heavy atom. The zero-order valence-electron chi connectivity index (χ0n) is 24.3. The first-order chi connectivity index (χ1) is 20.8. The van der Waals surface area contributed by atoms with Crippen molar-refractivity contribution < 1.29 is 23.7 Å². The van der Waals surface area contributed by atoms with E-state index in [1.54, 1.807) is 31.6 Å². The summed E-state index contributed by atoms with van der Waals surface area (Å²) >= 11 is 4.87. The van der Waals surface area contributed by atoms with Gasteiger partial charge in [0.25, 0.3) is 5.56 Å². The summed E-state index contributed by atoms with van der Waals surface area (Å²) in [5.41, 5.74) is 3.08. The highest BCUT2D eigenvalue weighted by Crippen LogP contribution is 2.37. The van der Waals surface area contributed by atoms with Gasteiger partial charge in [-0.2, -0.15) is 0 Å². The molecule has 0 fully saturated rings. The van der Waals surface area contributed by atoms with Gasteiger partial charge >= 0.3 is 5.97 Å². The van der Waals surface area contributed by atoms with Crippen LogP contribution in [0, 0.1) is 0 Å². The molecule has 43 heavy (non-hydrogen) atoms. The fourth-order valence-electron chi connectivity index (χ4n) is 4.86. The topological polar surface area (TPSA) is 88.4 Å². The Bertz CT molecular complexity index is 1850. The zero-order chi connectivity index (χ0) is 30.5. The van der Waals surface area contributed by atoms with Crippen molar-refractivity contribution in [3.63, 3.8) is 0 Å². The number of aromatic nitrogens is 1. The molecule has 0 spiro atoms. The highest BCUT2D eigenvalue weighted by Gasteiger charge is 2.33. The van der Waals surface area contributed by atoms with Crippen molar-refractivity contribution in [2.45, 2.75) is 33.4 Å². The van der Waals surface area contributed by atoms with Gasteiger partial charge in [-0.15, -0.1) is 0 Å². The van der Waals surface area contributed by atoms with Crippen LogP contribution in [-0.4, -0.2) is 30.9 Å². The van der Waals surface area contributed by atoms with E-state index in [-0.39, 0.29) is 12.2 Å². The van der Waals surface area contributed by atoms with Crippen LogP contribution in [0.5, 0.6) is 17.2 Å². The molecule has 1 aliphatic rings. The first kappa shape index (κ1) is 30.3. The maximum Gasteiger partial charge on any atom is 0.338 e. The standard InChI is InChI=1S/C33H31BrN2O6S/c1-5-40-24-14-12-23(13-15-24)29-28(32(38)41-6-2)20(3)35-33-36(29)31(37)27(43-33)18-22-16-25(34)30(26(17-22)39-4)42-19-21-10-8-7-9-11-21/h7-18,29H,5-6,19H2,1-4H3/b27-18-/t29-/m0/s1. The second kappa shape index (κ2) is 13.4. The Labute approximate surface area is 261 Å². The van der Waals surface area contributed by atoms with Gasteiger partial charge in [0.15, 0.2) is 16.3 Å². The van der Waals surface area contributed by atoms with Crippen molar-refractivity contribution in [1.82, 2.24) is 4.57 Å². The maximum absolute atomic E-state index is 14.0. The van der Waals surface area contributed by atoms with Crippen LogP contribution in [0.4, 0.5) is 0 Å². The lowest BCUT2D eigenvalue weighted by Crippen LogP contribution is -2.39. The first-order valence-corrected chi connectivity index (χ1v) is 15.4. The third-order valence-electron chi connectivity index (χ3n) is 6.80. The summed E-state index contributed by atoms with van der Waals surface area (Å²) in [5.74, 6) is 1.29. The minimum Gasteiger partial charge on any atom is -0.494 e. The molecule has 0 saturated carbocycles. The number of ether oxygens (including phenoxy) is 4. The number of benzene rings is 3. The highest BCUT2D eigenvalue weighted by atomic mass is 79.9. The highest BCUT2D eigenvalue weighted by molar-refractivity contribution is 9.10. The van der Waals surface area contributed by atoms with E-state index >= 15 is 0 Å². The van der Waals surface area contributed by atoms with E-state index in [0.29, 0.717) is 55.5 Å². The van der Waals surface area contributed by atoms with Crippen molar-refractivity contribution in [2.24, 2.45) is 4.99 Å². The second-order valence-corrected chi connectivity index (χ2v) is 11.5. The van der Waals surface area contributed by atoms with Crippen LogP contribution in [0.1, 0.15) is 43.5 Å². The van der Waals surface area contributed by atoms with Gasteiger partial charge in [-0.3, -0.25) is 9.36 Å². The van der Waals surface area contributed by atoms with E-state index in [0.717, 1.165) is 16.7 Å². The number of fused-ring (bicyclic) bond motifs is 1. The predicted octanol–water partition coefficient (Wildman–Crippen LogP) is 5.55. The van der Waals surface area contributed by atoms with Crippen LogP contribution in [0.15, 0.2) is 92.3 Å². The molecule has 222 valence electrons. The quantitative estimate of drug-likeness (QED) is 0.207. The predicted molar refractivity (Wildman–Crippen MR) is 169 cm³/mol. The van der Waals surface area contributed by atoms with Crippen molar-refractivity contribution in [1.29, 1.82) is 0 Å². The molecular formula is C33H31BrN2O6S. The number of allylic oxidation sites excluding steroid dienone is 1. The van der Waals surface area contributed by atoms with Crippen molar-refractivity contribution >= 4 is 39.3 Å². The summed E-state index contributed by atoms with van der Waals surface area (Å²) in [5, 5.41) is 0. The number of methoxy groups -OCH3 is 1. The van der Waals surface area contributed by atoms with Gasteiger partial charge in [0.05, 0.1) is 46.6 Å². The normalized spacial score (nSPS) is 14.6. The van der Waals surface area contributed by atoms with Crippen molar-refractivity contribution in [3.8, 4) is 17.2 Å². The number of hydrogen-bond donors (Lipinski definition) is 0. The molecule has 1 aromatic heterocycles. The number of carbonyl (C=O) groups is 1. The first-order valence-electron chi connectivity index (χ1n) is 13.8. The Morgan fingerprint density at radius 2 is 1.79 bits per heavy atom. The monoisotopic (exact) mass is 662 g/mol. The number of halogens is 1. The van der Waals surface area contributed by atoms with Gasteiger partial charge in [0.2, 0.25) is 0 Å². The Morgan fingerprint density at radius 3 is 2.47 bits per heavy atom. The summed E-state index contributed by atoms with van der Waals surface area (Å²) in [7, 11) is 1.57. The van der Waals surface area contributed by atoms with E-state index in [4.69, 9.17) is 18.9 Å². The van der Waals surface area contributed by atoms with E-state index in [9.17, 15) is 9.59 Å². The van der Waals surface area contributed by atoms with Gasteiger partial charge in [-0.25, -0.2) is 9.79 Å². The summed E-state index contributed by atoms with van der Waals surface area (Å²) in [6, 6.07) is 20.2. The molecule has 0 aliphatic carbocycles. The zero-order valence-corrected chi connectivity index (χ0v) is 26.7. The van der Waals surface area contributed by atoms with Crippen molar-refractivity contribution in [2.75, 3.05) is 20.3 Å². The molecule has 1 atom stereocenters. The fourth-order valence-corrected chi connectivity index (χ4v) is 6.49. The second-order valence-electron chi connectivity index (χ2n) is 9.61. The number of hydrogen-bond acceptors (Lipinski definition) is 8. The molecule has 0 radical (unpaired) electrons. The Hall–Kier alpha value is -4.15. The van der Waals surface area contributed by atoms with E-state index in [1.807, 2.05) is 73.7 Å². The maximum atomic E-state index is 14.0. The minimum absolute atomic E-state index is 0.206. The molecule has 8 nitrogen and oxygen atoms in total. The lowest BCUT2D eigenvalue weighted by molar-refractivity contribution is -0.139. The summed E-state index contributed by atoms with van der Waals surface area (Å²) in [4.78, 5) is 32.3. The van der Waals surface area contributed by atoms with Crippen molar-refractivity contribution in [3.05, 3.63) is 119 Å². The van der Waals surface area contributed by atoms with Crippen LogP contribution < -0.4 is 29.1 Å². The molecule has 0 N–H and O–H groups in total. The van der Waals surface area contributed by atoms with Gasteiger partial charge in [-0.1, -0.05) is 53.8 Å². The lowest BCUT2D eigenvalue weighted by atomic mass is 9.96. The Kier molecular flexibility index (Phi) is 9.47. The summed E-state index contributed by atoms with van der Waals surface area (Å²) in [6.07, 6.45) is 1.79. The van der Waals surface area contributed by atoms with Gasteiger partial charge in [-0.05, 0) is 83.7 Å². The third-order valence-corrected chi connectivity index (χ3v) is 8.37. The minimum atomic E-state index is -0.705. The molecule has 0 bridgehead atoms. The van der Waals surface area contributed by atoms with Crippen LogP contribution in [0.2, 0.25) is 0 Å². The average molecular weight is 664 g/mol. The number of nitrogens with zero attached hydrogens (tertiary/aromatic N) is 2. The van der Waals surface area contributed by atoms with Gasteiger partial charge in [0, 0.05) is 0 Å². The lowest BCUT2D eigenvalue weighted by Gasteiger charge is -2.24. The number of esters is 1. The van der Waals surface area contributed by atoms with Gasteiger partial charge in [0.1, 0.15) is 12.4 Å². The molecule has 5 rings (SSSR count). The molecule has 1 aliphatic heterocycles. The summed E-state index contributed by atoms with van der Waals surface area (Å²) in [6.45, 7) is 6.54. The van der Waals surface area contributed by atoms with E-state index in [2.05, 4.69) is 20.9 Å². The molecular weight excluding hydrogens is 632 g/mol. The Balaban J connectivity index is 1.57. The number of carbonyl (C=O) groups excluding carboxylic acids is 1. The fraction of sp³-hybridized carbons (Fsp3) is 0.242. The molecule has 3 aromatic carbocycles. The van der Waals surface area contributed by atoms with E-state index < -0.39 is 12.0 Å². The third kappa shape index (κ3) is 6.45. The van der Waals surface area contributed by atoms with Gasteiger partial charge < -0.3 is 18.9 Å². The molecule has 0 amide bonds. The molecule has 4 aromatic rings. The molecule has 10 heteroatoms. The SMILES string of the molecule is CCOC(=O)C1=C(C)N=c2s/c(=C\c3cc(Br)c(OCc4ccccc4)c(OC)c3)c(=O)n2[C@H]1c1ccc(OCC)cc1. The largest absolute Gasteiger partial charge is 0.494 e. The average Bonchev–Trinajstić information content (AvgIpc) is 3.30. The smallest absolute Gasteiger partial charge is 0.338 e. The molecule has 0 unspecified atom stereocenters. The summed E-state index contributed by atoms with van der Waals surface area (Å²) < 4.78 is 25.4. The van der Waals surface area contributed by atoms with Crippen LogP contribution >= 0.6 is 27.3 Å². The molecule has 0 saturated heterocycles. The number of rotatable bonds is 10. The van der Waals surface area contributed by atoms with E-state index in [1.165, 1.54) is 11.3 Å². The van der Waals surface area contributed by atoms with Crippen LogP contribution in [-0.2, 0) is 16.1 Å². The van der Waals surface area contributed by atoms with Crippen LogP contribution in [0.25, 0.3) is 6.08 Å². The molecule has 2 heterocycles. The van der Waals surface area contributed by atoms with Crippen LogP contribution in [0.3, 0.4) is 0 Å².